The Kier molecular flexibility index (Phi) is 10.3. The van der Waals surface area contributed by atoms with Crippen molar-refractivity contribution < 1.29 is 5.11 Å². The summed E-state index contributed by atoms with van der Waals surface area (Å²) in [5, 5.41) is 17.9. The van der Waals surface area contributed by atoms with Crippen LogP contribution in [0.3, 0.4) is 0 Å². The summed E-state index contributed by atoms with van der Waals surface area (Å²) < 4.78 is 0. The van der Waals surface area contributed by atoms with Gasteiger partial charge in [-0.15, -0.1) is 17.0 Å². The number of phenols is 1. The number of nitrogens with one attached hydrogen (secondary N) is 1. The van der Waals surface area contributed by atoms with Crippen LogP contribution in [0.5, 0.6) is 5.75 Å². The number of rotatable bonds is 11. The third-order valence-corrected chi connectivity index (χ3v) is 11.6. The normalized spacial score (nSPS) is 11.5. The van der Waals surface area contributed by atoms with Crippen LogP contribution in [0, 0.1) is 0 Å². The van der Waals surface area contributed by atoms with E-state index >= 15 is 0 Å². The molecule has 0 heterocycles. The number of hydrogen-bond donors (Lipinski definition) is 2. The van der Waals surface area contributed by atoms with E-state index in [1.54, 1.807) is 6.07 Å². The molecule has 0 atom stereocenters. The predicted octanol–water partition coefficient (Wildman–Crippen LogP) is 5.96. The summed E-state index contributed by atoms with van der Waals surface area (Å²) in [7, 11) is -2.11. The maximum atomic E-state index is 9.93. The average molecular weight is 536 g/mol. The van der Waals surface area contributed by atoms with Crippen molar-refractivity contribution in [1.29, 1.82) is 0 Å². The van der Waals surface area contributed by atoms with Gasteiger partial charge in [-0.3, -0.25) is 0 Å². The topological polar surface area (TPSA) is 32.3 Å². The van der Waals surface area contributed by atoms with Gasteiger partial charge in [-0.25, -0.2) is 0 Å². The minimum absolute atomic E-state index is 0. The van der Waals surface area contributed by atoms with Crippen LogP contribution in [0.15, 0.2) is 115 Å². The number of halogens is 1. The molecule has 0 bridgehead atoms. The van der Waals surface area contributed by atoms with Crippen molar-refractivity contribution in [3.63, 3.8) is 0 Å². The van der Waals surface area contributed by atoms with E-state index in [4.69, 9.17) is 0 Å². The van der Waals surface area contributed by atoms with Gasteiger partial charge in [0.05, 0.1) is 0 Å². The summed E-state index contributed by atoms with van der Waals surface area (Å²) in [4.78, 5) is 0. The zero-order valence-corrected chi connectivity index (χ0v) is 22.3. The van der Waals surface area contributed by atoms with E-state index in [9.17, 15) is 5.11 Å². The fourth-order valence-corrected chi connectivity index (χ4v) is 9.73. The van der Waals surface area contributed by atoms with Gasteiger partial charge in [-0.1, -0.05) is 0 Å². The SMILES string of the molecule is Br.Oc1ccccc1CNCCCCC[PH](c1ccccc1)(c1ccccc1)c1ccccc1. The summed E-state index contributed by atoms with van der Waals surface area (Å²) in [6.07, 6.45) is 4.72. The van der Waals surface area contributed by atoms with Crippen LogP contribution in [0.25, 0.3) is 0 Å². The Morgan fingerprint density at radius 3 is 1.53 bits per heavy atom. The van der Waals surface area contributed by atoms with Gasteiger partial charge in [0.15, 0.2) is 0 Å². The molecule has 4 aromatic carbocycles. The zero-order chi connectivity index (χ0) is 22.8. The molecule has 0 aromatic heterocycles. The first-order chi connectivity index (χ1) is 16.3. The van der Waals surface area contributed by atoms with Gasteiger partial charge in [0.1, 0.15) is 0 Å². The van der Waals surface area contributed by atoms with Crippen molar-refractivity contribution in [3.8, 4) is 5.75 Å². The minimum atomic E-state index is -2.11. The molecular weight excluding hydrogens is 501 g/mol. The molecule has 4 aromatic rings. The first-order valence-electron chi connectivity index (χ1n) is 11.9. The molecule has 2 N–H and O–H groups in total. The number of benzene rings is 4. The third kappa shape index (κ3) is 6.36. The molecule has 34 heavy (non-hydrogen) atoms. The second-order valence-corrected chi connectivity index (χ2v) is 12.7. The number of phenolic OH excluding ortho intramolecular Hbond substituents is 1. The van der Waals surface area contributed by atoms with Crippen molar-refractivity contribution in [3.05, 3.63) is 121 Å². The summed E-state index contributed by atoms with van der Waals surface area (Å²) >= 11 is 0. The summed E-state index contributed by atoms with van der Waals surface area (Å²) in [5.41, 5.74) is 0.959. The van der Waals surface area contributed by atoms with Crippen LogP contribution in [0.2, 0.25) is 0 Å². The van der Waals surface area contributed by atoms with Gasteiger partial charge < -0.3 is 0 Å². The maximum absolute atomic E-state index is 9.93. The van der Waals surface area contributed by atoms with E-state index in [1.807, 2.05) is 18.2 Å². The summed E-state index contributed by atoms with van der Waals surface area (Å²) in [6, 6.07) is 41.0. The van der Waals surface area contributed by atoms with E-state index in [1.165, 1.54) is 34.9 Å². The Morgan fingerprint density at radius 1 is 0.559 bits per heavy atom. The van der Waals surface area contributed by atoms with Gasteiger partial charge in [0, 0.05) is 0 Å². The molecule has 178 valence electrons. The second kappa shape index (κ2) is 13.4. The molecule has 4 rings (SSSR count). The number of para-hydroxylation sites is 1. The molecule has 0 saturated carbocycles. The van der Waals surface area contributed by atoms with Gasteiger partial charge in [-0.2, -0.15) is 0 Å². The van der Waals surface area contributed by atoms with Gasteiger partial charge in [-0.05, 0) is 0 Å². The Balaban J connectivity index is 0.00000324. The van der Waals surface area contributed by atoms with Crippen molar-refractivity contribution in [1.82, 2.24) is 5.32 Å². The Labute approximate surface area is 215 Å². The standard InChI is InChI=1S/C30H34NOP.BrH/c32-30-22-12-11-15-26(30)25-31-23-13-4-14-24-33(27-16-5-1-6-17-27,28-18-7-2-8-19-28)29-20-9-3-10-21-29;/h1-3,5-12,15-22,31-33H,4,13-14,23-25H2;1H. The molecule has 0 radical (unpaired) electrons. The Bertz CT molecular complexity index is 1010. The fourth-order valence-electron chi connectivity index (χ4n) is 4.80. The predicted molar refractivity (Wildman–Crippen MR) is 155 cm³/mol. The summed E-state index contributed by atoms with van der Waals surface area (Å²) in [5.74, 6) is 0.370. The van der Waals surface area contributed by atoms with Gasteiger partial charge in [0.25, 0.3) is 0 Å². The molecule has 4 heteroatoms. The van der Waals surface area contributed by atoms with Crippen LogP contribution >= 0.6 is 24.2 Å². The van der Waals surface area contributed by atoms with E-state index in [-0.39, 0.29) is 17.0 Å². The van der Waals surface area contributed by atoms with Crippen LogP contribution in [-0.2, 0) is 6.54 Å². The molecule has 0 aliphatic rings. The first-order valence-corrected chi connectivity index (χ1v) is 14.2. The molecule has 2 nitrogen and oxygen atoms in total. The molecule has 0 amide bonds. The van der Waals surface area contributed by atoms with Crippen molar-refractivity contribution in [2.75, 3.05) is 12.7 Å². The third-order valence-electron chi connectivity index (χ3n) is 6.51. The number of aromatic hydroxyl groups is 1. The zero-order valence-electron chi connectivity index (χ0n) is 19.6. The van der Waals surface area contributed by atoms with E-state index in [2.05, 4.69) is 96.3 Å². The number of hydrogen-bond acceptors (Lipinski definition) is 2. The average Bonchev–Trinajstić information content (AvgIpc) is 2.88. The molecule has 0 aliphatic heterocycles. The Hall–Kier alpha value is -2.45. The number of unbranched alkanes of at least 4 members (excludes halogenated alkanes) is 2. The van der Waals surface area contributed by atoms with Gasteiger partial charge >= 0.3 is 199 Å². The van der Waals surface area contributed by atoms with Crippen molar-refractivity contribution in [2.45, 2.75) is 25.8 Å². The fraction of sp³-hybridized carbons (Fsp3) is 0.200. The van der Waals surface area contributed by atoms with Crippen molar-refractivity contribution in [2.24, 2.45) is 0 Å². The van der Waals surface area contributed by atoms with Gasteiger partial charge in [0.2, 0.25) is 0 Å². The quantitative estimate of drug-likeness (QED) is 0.183. The van der Waals surface area contributed by atoms with Crippen LogP contribution in [-0.4, -0.2) is 17.8 Å². The van der Waals surface area contributed by atoms with E-state index in [0.29, 0.717) is 12.3 Å². The second-order valence-electron chi connectivity index (χ2n) is 8.62. The molecule has 0 spiro atoms. The molecular formula is C30H35BrNOP. The van der Waals surface area contributed by atoms with Crippen LogP contribution in [0.1, 0.15) is 24.8 Å². The van der Waals surface area contributed by atoms with Crippen LogP contribution < -0.4 is 21.2 Å². The first kappa shape index (κ1) is 26.2. The molecule has 0 fully saturated rings. The molecule has 0 saturated heterocycles. The van der Waals surface area contributed by atoms with E-state index in [0.717, 1.165) is 18.5 Å². The summed E-state index contributed by atoms with van der Waals surface area (Å²) in [6.45, 7) is 1.67. The molecule has 0 unspecified atom stereocenters. The molecule has 0 aliphatic carbocycles. The van der Waals surface area contributed by atoms with Crippen molar-refractivity contribution >= 4 is 40.2 Å². The van der Waals surface area contributed by atoms with E-state index < -0.39 is 7.26 Å². The van der Waals surface area contributed by atoms with Crippen LogP contribution in [0.4, 0.5) is 0 Å². The Morgan fingerprint density at radius 2 is 1.03 bits per heavy atom. The monoisotopic (exact) mass is 535 g/mol.